The van der Waals surface area contributed by atoms with Gasteiger partial charge in [0.05, 0.1) is 0 Å². The predicted octanol–water partition coefficient (Wildman–Crippen LogP) is 4.25. The van der Waals surface area contributed by atoms with Crippen LogP contribution in [0.1, 0.15) is 18.7 Å². The van der Waals surface area contributed by atoms with Gasteiger partial charge in [-0.25, -0.2) is 0 Å². The topological polar surface area (TPSA) is 20.2 Å². The molecule has 0 aliphatic carbocycles. The Labute approximate surface area is 98.1 Å². The maximum atomic E-state index is 9.36. The number of hydrogen-bond donors (Lipinski definition) is 1. The zero-order valence-electron chi connectivity index (χ0n) is 8.86. The molecule has 0 spiro atoms. The van der Waals surface area contributed by atoms with Gasteiger partial charge in [-0.15, -0.1) is 11.3 Å². The minimum absolute atomic E-state index is 0.350. The number of fused-ring (bicyclic) bond motifs is 1. The number of thiophene rings is 1. The minimum Gasteiger partial charge on any atom is -0.508 e. The zero-order valence-corrected chi connectivity index (χ0v) is 10.5. The first kappa shape index (κ1) is 10.8. The molecule has 15 heavy (non-hydrogen) atoms. The van der Waals surface area contributed by atoms with Gasteiger partial charge in [0.15, 0.2) is 0 Å². The molecule has 2 rings (SSSR count). The van der Waals surface area contributed by atoms with E-state index in [1.54, 1.807) is 6.07 Å². The van der Waals surface area contributed by atoms with Gasteiger partial charge < -0.3 is 5.11 Å². The summed E-state index contributed by atoms with van der Waals surface area (Å²) in [5.41, 5.74) is 0. The molecule has 1 nitrogen and oxygen atoms in total. The Morgan fingerprint density at radius 2 is 2.13 bits per heavy atom. The number of benzene rings is 1. The van der Waals surface area contributed by atoms with Gasteiger partial charge in [-0.1, -0.05) is 13.8 Å². The second kappa shape index (κ2) is 4.45. The molecular formula is C12H14OS2. The normalized spacial score (nSPS) is 11.4. The van der Waals surface area contributed by atoms with Crippen LogP contribution in [0.4, 0.5) is 0 Å². The smallest absolute Gasteiger partial charge is 0.116 e. The van der Waals surface area contributed by atoms with Crippen molar-refractivity contribution in [1.82, 2.24) is 0 Å². The van der Waals surface area contributed by atoms with Crippen LogP contribution in [0.2, 0.25) is 0 Å². The van der Waals surface area contributed by atoms with Gasteiger partial charge in [-0.2, -0.15) is 11.8 Å². The molecule has 1 heterocycles. The lowest BCUT2D eigenvalue weighted by Gasteiger charge is -2.00. The molecule has 0 amide bonds. The van der Waals surface area contributed by atoms with Crippen LogP contribution in [0.15, 0.2) is 24.3 Å². The van der Waals surface area contributed by atoms with E-state index in [0.29, 0.717) is 11.0 Å². The molecular weight excluding hydrogens is 224 g/mol. The Balaban J connectivity index is 2.23. The van der Waals surface area contributed by atoms with Crippen molar-refractivity contribution >= 4 is 33.2 Å². The quantitative estimate of drug-likeness (QED) is 0.862. The molecule has 0 fully saturated rings. The number of phenolic OH excluding ortho intramolecular Hbond substituents is 1. The maximum absolute atomic E-state index is 9.36. The lowest BCUT2D eigenvalue weighted by molar-refractivity contribution is 0.476. The first-order valence-electron chi connectivity index (χ1n) is 4.98. The summed E-state index contributed by atoms with van der Waals surface area (Å²) in [4.78, 5) is 1.38. The summed E-state index contributed by atoms with van der Waals surface area (Å²) in [7, 11) is 0. The average molecular weight is 238 g/mol. The van der Waals surface area contributed by atoms with Crippen molar-refractivity contribution in [2.75, 3.05) is 0 Å². The van der Waals surface area contributed by atoms with Crippen LogP contribution < -0.4 is 0 Å². The molecule has 2 aromatic rings. The maximum Gasteiger partial charge on any atom is 0.116 e. The third-order valence-electron chi connectivity index (χ3n) is 2.11. The fourth-order valence-electron chi connectivity index (χ4n) is 1.41. The van der Waals surface area contributed by atoms with Gasteiger partial charge in [0.2, 0.25) is 0 Å². The highest BCUT2D eigenvalue weighted by Gasteiger charge is 2.03. The summed E-state index contributed by atoms with van der Waals surface area (Å²) < 4.78 is 1.26. The first-order valence-corrected chi connectivity index (χ1v) is 6.85. The first-order chi connectivity index (χ1) is 7.15. The summed E-state index contributed by atoms with van der Waals surface area (Å²) >= 11 is 3.77. The molecule has 0 unspecified atom stereocenters. The monoisotopic (exact) mass is 238 g/mol. The molecule has 1 N–H and O–H groups in total. The van der Waals surface area contributed by atoms with Crippen molar-refractivity contribution in [3.63, 3.8) is 0 Å². The summed E-state index contributed by atoms with van der Waals surface area (Å²) in [6, 6.07) is 7.74. The summed E-state index contributed by atoms with van der Waals surface area (Å²) in [5, 5.41) is 11.2. The number of aromatic hydroxyl groups is 1. The van der Waals surface area contributed by atoms with Crippen LogP contribution >= 0.6 is 23.1 Å². The highest BCUT2D eigenvalue weighted by atomic mass is 32.2. The lowest BCUT2D eigenvalue weighted by Crippen LogP contribution is -1.85. The fraction of sp³-hybridized carbons (Fsp3) is 0.333. The van der Waals surface area contributed by atoms with Crippen LogP contribution in [-0.4, -0.2) is 10.4 Å². The molecule has 1 aromatic carbocycles. The average Bonchev–Trinajstić information content (AvgIpc) is 2.56. The molecule has 0 aliphatic heterocycles. The van der Waals surface area contributed by atoms with E-state index in [4.69, 9.17) is 0 Å². The third kappa shape index (κ3) is 2.67. The van der Waals surface area contributed by atoms with Crippen LogP contribution in [0.5, 0.6) is 5.75 Å². The van der Waals surface area contributed by atoms with Crippen LogP contribution in [-0.2, 0) is 5.75 Å². The molecule has 0 atom stereocenters. The van der Waals surface area contributed by atoms with Gasteiger partial charge in [0, 0.05) is 15.3 Å². The van der Waals surface area contributed by atoms with Crippen molar-refractivity contribution in [3.05, 3.63) is 29.1 Å². The molecule has 3 heteroatoms. The van der Waals surface area contributed by atoms with E-state index >= 15 is 0 Å². The van der Waals surface area contributed by atoms with Crippen LogP contribution in [0.3, 0.4) is 0 Å². The second-order valence-electron chi connectivity index (χ2n) is 3.79. The summed E-state index contributed by atoms with van der Waals surface area (Å²) in [6.45, 7) is 4.42. The number of rotatable bonds is 3. The second-order valence-corrected chi connectivity index (χ2v) is 6.53. The fourth-order valence-corrected chi connectivity index (χ4v) is 3.27. The van der Waals surface area contributed by atoms with Crippen molar-refractivity contribution in [2.45, 2.75) is 24.9 Å². The molecule has 1 aromatic heterocycles. The van der Waals surface area contributed by atoms with Crippen molar-refractivity contribution in [2.24, 2.45) is 0 Å². The Morgan fingerprint density at radius 3 is 2.87 bits per heavy atom. The van der Waals surface area contributed by atoms with E-state index in [0.717, 1.165) is 11.1 Å². The Kier molecular flexibility index (Phi) is 3.22. The van der Waals surface area contributed by atoms with Gasteiger partial charge in [0.1, 0.15) is 5.75 Å². The van der Waals surface area contributed by atoms with E-state index in [1.807, 2.05) is 35.2 Å². The number of phenols is 1. The molecule has 0 saturated heterocycles. The van der Waals surface area contributed by atoms with E-state index in [9.17, 15) is 5.11 Å². The van der Waals surface area contributed by atoms with E-state index in [-0.39, 0.29) is 0 Å². The Morgan fingerprint density at radius 1 is 1.33 bits per heavy atom. The van der Waals surface area contributed by atoms with Gasteiger partial charge in [-0.05, 0) is 34.9 Å². The van der Waals surface area contributed by atoms with Crippen molar-refractivity contribution in [3.8, 4) is 5.75 Å². The standard InChI is InChI=1S/C12H14OS2/c1-8(2)14-7-11-6-9-5-10(13)3-4-12(9)15-11/h3-6,8,13H,7H2,1-2H3. The van der Waals surface area contributed by atoms with E-state index < -0.39 is 0 Å². The predicted molar refractivity (Wildman–Crippen MR) is 69.9 cm³/mol. The van der Waals surface area contributed by atoms with Gasteiger partial charge in [0.25, 0.3) is 0 Å². The molecule has 0 aliphatic rings. The van der Waals surface area contributed by atoms with E-state index in [2.05, 4.69) is 19.9 Å². The minimum atomic E-state index is 0.350. The summed E-state index contributed by atoms with van der Waals surface area (Å²) in [5.74, 6) is 1.42. The van der Waals surface area contributed by atoms with Crippen LogP contribution in [0.25, 0.3) is 10.1 Å². The molecule has 0 saturated carbocycles. The third-order valence-corrected chi connectivity index (χ3v) is 4.55. The molecule has 0 radical (unpaired) electrons. The van der Waals surface area contributed by atoms with Crippen molar-refractivity contribution in [1.29, 1.82) is 0 Å². The van der Waals surface area contributed by atoms with Gasteiger partial charge in [-0.3, -0.25) is 0 Å². The number of thioether (sulfide) groups is 1. The zero-order chi connectivity index (χ0) is 10.8. The van der Waals surface area contributed by atoms with Crippen LogP contribution in [0, 0.1) is 0 Å². The highest BCUT2D eigenvalue weighted by Crippen LogP contribution is 2.31. The summed E-state index contributed by atoms with van der Waals surface area (Å²) in [6.07, 6.45) is 0. The molecule has 0 bridgehead atoms. The van der Waals surface area contributed by atoms with E-state index in [1.165, 1.54) is 9.58 Å². The Bertz CT molecular complexity index is 460. The van der Waals surface area contributed by atoms with Crippen molar-refractivity contribution < 1.29 is 5.11 Å². The lowest BCUT2D eigenvalue weighted by atomic mass is 10.2. The molecule has 80 valence electrons. The van der Waals surface area contributed by atoms with Gasteiger partial charge >= 0.3 is 0 Å². The largest absolute Gasteiger partial charge is 0.508 e. The SMILES string of the molecule is CC(C)SCc1cc2cc(O)ccc2s1. The highest BCUT2D eigenvalue weighted by molar-refractivity contribution is 7.99. The number of hydrogen-bond acceptors (Lipinski definition) is 3. The Hall–Kier alpha value is -0.670.